The first-order valence-corrected chi connectivity index (χ1v) is 7.79. The summed E-state index contributed by atoms with van der Waals surface area (Å²) in [6.07, 6.45) is 4.70. The molecular formula is C20H18N2O3. The van der Waals surface area contributed by atoms with Gasteiger partial charge in [-0.3, -0.25) is 4.79 Å². The van der Waals surface area contributed by atoms with E-state index in [0.29, 0.717) is 16.9 Å². The highest BCUT2D eigenvalue weighted by Crippen LogP contribution is 2.26. The second-order valence-electron chi connectivity index (χ2n) is 5.52. The molecular weight excluding hydrogens is 316 g/mol. The van der Waals surface area contributed by atoms with Gasteiger partial charge in [0.2, 0.25) is 0 Å². The van der Waals surface area contributed by atoms with Gasteiger partial charge in [-0.05, 0) is 42.8 Å². The van der Waals surface area contributed by atoms with Gasteiger partial charge in [-0.25, -0.2) is 4.68 Å². The quantitative estimate of drug-likeness (QED) is 0.569. The molecule has 2 aromatic carbocycles. The average molecular weight is 334 g/mol. The van der Waals surface area contributed by atoms with Crippen LogP contribution in [0.1, 0.15) is 21.6 Å². The predicted molar refractivity (Wildman–Crippen MR) is 96.3 cm³/mol. The fraction of sp³-hybridized carbons (Fsp3) is 0.100. The van der Waals surface area contributed by atoms with Crippen molar-refractivity contribution in [2.24, 2.45) is 0 Å². The lowest BCUT2D eigenvalue weighted by Gasteiger charge is -2.04. The number of allylic oxidation sites excluding steroid dienone is 1. The van der Waals surface area contributed by atoms with E-state index >= 15 is 0 Å². The third-order valence-electron chi connectivity index (χ3n) is 3.91. The first-order chi connectivity index (χ1) is 12.1. The topological polar surface area (TPSA) is 64.3 Å². The van der Waals surface area contributed by atoms with Gasteiger partial charge in [0.15, 0.2) is 17.3 Å². The molecule has 0 saturated carbocycles. The number of phenolic OH excluding ortho intramolecular Hbond substituents is 1. The Morgan fingerprint density at radius 2 is 1.96 bits per heavy atom. The van der Waals surface area contributed by atoms with E-state index in [1.807, 2.05) is 37.3 Å². The van der Waals surface area contributed by atoms with Crippen LogP contribution in [-0.2, 0) is 0 Å². The summed E-state index contributed by atoms with van der Waals surface area (Å²) in [6.45, 7) is 1.86. The number of hydrogen-bond donors (Lipinski definition) is 1. The molecule has 0 spiro atoms. The summed E-state index contributed by atoms with van der Waals surface area (Å²) in [5.74, 6) is 0.281. The summed E-state index contributed by atoms with van der Waals surface area (Å²) in [5.41, 5.74) is 2.93. The summed E-state index contributed by atoms with van der Waals surface area (Å²) in [6, 6.07) is 14.6. The largest absolute Gasteiger partial charge is 0.504 e. The van der Waals surface area contributed by atoms with E-state index in [-0.39, 0.29) is 11.5 Å². The second kappa shape index (κ2) is 7.05. The summed E-state index contributed by atoms with van der Waals surface area (Å²) < 4.78 is 6.74. The maximum absolute atomic E-state index is 12.5. The Hall–Kier alpha value is -3.34. The molecule has 5 heteroatoms. The van der Waals surface area contributed by atoms with Crippen LogP contribution in [-0.4, -0.2) is 27.8 Å². The molecule has 1 aromatic heterocycles. The molecule has 0 bridgehead atoms. The van der Waals surface area contributed by atoms with Crippen molar-refractivity contribution < 1.29 is 14.6 Å². The lowest BCUT2D eigenvalue weighted by molar-refractivity contribution is 0.104. The van der Waals surface area contributed by atoms with Crippen molar-refractivity contribution in [3.05, 3.63) is 77.6 Å². The van der Waals surface area contributed by atoms with Gasteiger partial charge in [-0.1, -0.05) is 30.3 Å². The Morgan fingerprint density at radius 1 is 1.20 bits per heavy atom. The zero-order chi connectivity index (χ0) is 17.8. The van der Waals surface area contributed by atoms with Crippen LogP contribution in [0.4, 0.5) is 0 Å². The number of carbonyl (C=O) groups is 1. The third kappa shape index (κ3) is 3.45. The number of ketones is 1. The number of phenols is 1. The molecule has 0 atom stereocenters. The van der Waals surface area contributed by atoms with E-state index in [9.17, 15) is 9.90 Å². The molecule has 0 amide bonds. The van der Waals surface area contributed by atoms with E-state index in [1.54, 1.807) is 35.2 Å². The van der Waals surface area contributed by atoms with Crippen molar-refractivity contribution in [3.8, 4) is 17.2 Å². The molecule has 1 N–H and O–H groups in total. The van der Waals surface area contributed by atoms with Crippen molar-refractivity contribution in [2.75, 3.05) is 7.11 Å². The van der Waals surface area contributed by atoms with Crippen molar-refractivity contribution in [2.45, 2.75) is 6.92 Å². The van der Waals surface area contributed by atoms with Crippen LogP contribution in [0.5, 0.6) is 11.5 Å². The molecule has 0 unspecified atom stereocenters. The molecule has 0 saturated heterocycles. The van der Waals surface area contributed by atoms with Gasteiger partial charge >= 0.3 is 0 Å². The van der Waals surface area contributed by atoms with E-state index < -0.39 is 0 Å². The van der Waals surface area contributed by atoms with E-state index in [4.69, 9.17) is 4.74 Å². The smallest absolute Gasteiger partial charge is 0.189 e. The Balaban J connectivity index is 1.82. The molecule has 1 heterocycles. The third-order valence-corrected chi connectivity index (χ3v) is 3.91. The van der Waals surface area contributed by atoms with Crippen molar-refractivity contribution in [1.29, 1.82) is 0 Å². The molecule has 0 aliphatic rings. The normalized spacial score (nSPS) is 11.0. The van der Waals surface area contributed by atoms with Crippen LogP contribution in [0.3, 0.4) is 0 Å². The minimum atomic E-state index is -0.144. The van der Waals surface area contributed by atoms with Gasteiger partial charge in [0, 0.05) is 0 Å². The first kappa shape index (κ1) is 16.5. The average Bonchev–Trinajstić information content (AvgIpc) is 3.02. The maximum atomic E-state index is 12.5. The zero-order valence-corrected chi connectivity index (χ0v) is 14.0. The molecule has 3 aromatic rings. The molecule has 0 radical (unpaired) electrons. The molecule has 0 aliphatic heterocycles. The highest BCUT2D eigenvalue weighted by Gasteiger charge is 2.13. The number of ether oxygens (including phenoxy) is 1. The number of rotatable bonds is 5. The fourth-order valence-electron chi connectivity index (χ4n) is 2.55. The van der Waals surface area contributed by atoms with E-state index in [0.717, 1.165) is 11.4 Å². The maximum Gasteiger partial charge on any atom is 0.189 e. The number of para-hydroxylation sites is 1. The molecule has 5 nitrogen and oxygen atoms in total. The Morgan fingerprint density at radius 3 is 2.64 bits per heavy atom. The van der Waals surface area contributed by atoms with E-state index in [2.05, 4.69) is 5.10 Å². The monoisotopic (exact) mass is 334 g/mol. The molecule has 0 fully saturated rings. The second-order valence-corrected chi connectivity index (χ2v) is 5.52. The van der Waals surface area contributed by atoms with Crippen molar-refractivity contribution in [3.63, 3.8) is 0 Å². The summed E-state index contributed by atoms with van der Waals surface area (Å²) in [7, 11) is 1.49. The standard InChI is InChI=1S/C20H18N2O3/c1-14-17(13-21-22(14)16-6-4-3-5-7-16)18(23)10-8-15-9-11-20(25-2)19(24)12-15/h3-13,24H,1-2H3/b10-8+. The van der Waals surface area contributed by atoms with Crippen LogP contribution in [0.25, 0.3) is 11.8 Å². The lowest BCUT2D eigenvalue weighted by Crippen LogP contribution is -2.01. The van der Waals surface area contributed by atoms with Gasteiger partial charge in [-0.15, -0.1) is 0 Å². The Labute approximate surface area is 145 Å². The zero-order valence-electron chi connectivity index (χ0n) is 14.0. The van der Waals surface area contributed by atoms with Crippen molar-refractivity contribution in [1.82, 2.24) is 9.78 Å². The van der Waals surface area contributed by atoms with Gasteiger partial charge in [0.1, 0.15) is 0 Å². The molecule has 0 aliphatic carbocycles. The van der Waals surface area contributed by atoms with Crippen LogP contribution in [0.2, 0.25) is 0 Å². The highest BCUT2D eigenvalue weighted by atomic mass is 16.5. The number of nitrogens with zero attached hydrogens (tertiary/aromatic N) is 2. The van der Waals surface area contributed by atoms with Crippen molar-refractivity contribution >= 4 is 11.9 Å². The minimum absolute atomic E-state index is 0.0326. The summed E-state index contributed by atoms with van der Waals surface area (Å²) >= 11 is 0. The van der Waals surface area contributed by atoms with Gasteiger partial charge in [0.25, 0.3) is 0 Å². The number of aromatic nitrogens is 2. The predicted octanol–water partition coefficient (Wildman–Crippen LogP) is 3.79. The fourth-order valence-corrected chi connectivity index (χ4v) is 2.55. The minimum Gasteiger partial charge on any atom is -0.504 e. The van der Waals surface area contributed by atoms with Crippen LogP contribution >= 0.6 is 0 Å². The molecule has 25 heavy (non-hydrogen) atoms. The van der Waals surface area contributed by atoms with Gasteiger partial charge < -0.3 is 9.84 Å². The van der Waals surface area contributed by atoms with Gasteiger partial charge in [0.05, 0.1) is 30.3 Å². The Kier molecular flexibility index (Phi) is 4.66. The Bertz CT molecular complexity index is 927. The first-order valence-electron chi connectivity index (χ1n) is 7.79. The molecule has 126 valence electrons. The number of aromatic hydroxyl groups is 1. The van der Waals surface area contributed by atoms with E-state index in [1.165, 1.54) is 13.2 Å². The van der Waals surface area contributed by atoms with Crippen LogP contribution < -0.4 is 4.74 Å². The van der Waals surface area contributed by atoms with Crippen LogP contribution in [0, 0.1) is 6.92 Å². The SMILES string of the molecule is COc1ccc(/C=C/C(=O)c2cnn(-c3ccccc3)c2C)cc1O. The number of carbonyl (C=O) groups excluding carboxylic acids is 1. The highest BCUT2D eigenvalue weighted by molar-refractivity contribution is 6.07. The summed E-state index contributed by atoms with van der Waals surface area (Å²) in [4.78, 5) is 12.5. The van der Waals surface area contributed by atoms with Crippen LogP contribution in [0.15, 0.2) is 60.8 Å². The number of hydrogen-bond acceptors (Lipinski definition) is 4. The number of methoxy groups -OCH3 is 1. The lowest BCUT2D eigenvalue weighted by atomic mass is 10.1. The van der Waals surface area contributed by atoms with Gasteiger partial charge in [-0.2, -0.15) is 5.10 Å². The summed E-state index contributed by atoms with van der Waals surface area (Å²) in [5, 5.41) is 14.1. The number of benzene rings is 2. The molecule has 3 rings (SSSR count).